The Balaban J connectivity index is 3.31. The summed E-state index contributed by atoms with van der Waals surface area (Å²) in [6.07, 6.45) is 0. The zero-order valence-corrected chi connectivity index (χ0v) is 5.87. The van der Waals surface area contributed by atoms with Crippen LogP contribution in [0.4, 0.5) is 13.2 Å². The third-order valence-electron chi connectivity index (χ3n) is 1.29. The highest BCUT2D eigenvalue weighted by Gasteiger charge is 2.11. The first-order valence-corrected chi connectivity index (χ1v) is 3.01. The molecule has 0 aliphatic rings. The van der Waals surface area contributed by atoms with E-state index in [0.29, 0.717) is 12.1 Å². The van der Waals surface area contributed by atoms with Crippen molar-refractivity contribution in [3.63, 3.8) is 0 Å². The van der Waals surface area contributed by atoms with Crippen LogP contribution in [-0.4, -0.2) is 5.84 Å². The van der Waals surface area contributed by atoms with Crippen molar-refractivity contribution in [3.8, 4) is 0 Å². The molecule has 0 radical (unpaired) electrons. The summed E-state index contributed by atoms with van der Waals surface area (Å²) in [5, 5.41) is 6.82. The van der Waals surface area contributed by atoms with Gasteiger partial charge in [0.05, 0.1) is 0 Å². The lowest BCUT2D eigenvalue weighted by atomic mass is 10.2. The maximum atomic E-state index is 12.4. The van der Waals surface area contributed by atoms with Crippen LogP contribution < -0.4 is 5.73 Å². The molecule has 0 fully saturated rings. The molecule has 0 spiro atoms. The number of benzene rings is 1. The summed E-state index contributed by atoms with van der Waals surface area (Å²) in [5.41, 5.74) is 4.75. The first-order valence-electron chi connectivity index (χ1n) is 3.01. The Labute approximate surface area is 66.3 Å². The van der Waals surface area contributed by atoms with E-state index >= 15 is 0 Å². The van der Waals surface area contributed by atoms with E-state index in [2.05, 4.69) is 0 Å². The maximum Gasteiger partial charge on any atom is 0.194 e. The molecular formula is C7H5F3N2. The molecule has 12 heavy (non-hydrogen) atoms. The third kappa shape index (κ3) is 1.39. The van der Waals surface area contributed by atoms with Crippen LogP contribution in [-0.2, 0) is 0 Å². The van der Waals surface area contributed by atoms with Crippen LogP contribution in [0.15, 0.2) is 12.1 Å². The molecule has 0 amide bonds. The van der Waals surface area contributed by atoms with Gasteiger partial charge in [-0.2, -0.15) is 0 Å². The van der Waals surface area contributed by atoms with E-state index in [1.54, 1.807) is 0 Å². The SMILES string of the molecule is N=C(N)c1cc(F)c(F)c(F)c1. The number of nitrogens with two attached hydrogens (primary N) is 1. The van der Waals surface area contributed by atoms with Gasteiger partial charge in [0.25, 0.3) is 0 Å². The van der Waals surface area contributed by atoms with E-state index < -0.39 is 23.3 Å². The molecule has 1 aromatic rings. The van der Waals surface area contributed by atoms with Crippen LogP contribution >= 0.6 is 0 Å². The quantitative estimate of drug-likeness (QED) is 0.377. The van der Waals surface area contributed by atoms with Crippen LogP contribution in [0.5, 0.6) is 0 Å². The molecular weight excluding hydrogens is 169 g/mol. The Hall–Kier alpha value is -1.52. The van der Waals surface area contributed by atoms with Crippen molar-refractivity contribution in [3.05, 3.63) is 35.1 Å². The van der Waals surface area contributed by atoms with Crippen LogP contribution in [0.2, 0.25) is 0 Å². The lowest BCUT2D eigenvalue weighted by Gasteiger charge is -1.99. The number of rotatable bonds is 1. The van der Waals surface area contributed by atoms with Crippen molar-refractivity contribution in [1.29, 1.82) is 5.41 Å². The summed E-state index contributed by atoms with van der Waals surface area (Å²) in [4.78, 5) is 0. The first-order chi connectivity index (χ1) is 5.52. The monoisotopic (exact) mass is 174 g/mol. The van der Waals surface area contributed by atoms with E-state index in [0.717, 1.165) is 0 Å². The van der Waals surface area contributed by atoms with Crippen LogP contribution in [0.25, 0.3) is 0 Å². The summed E-state index contributed by atoms with van der Waals surface area (Å²) < 4.78 is 37.2. The number of amidine groups is 1. The zero-order chi connectivity index (χ0) is 9.30. The molecule has 1 rings (SSSR count). The second-order valence-electron chi connectivity index (χ2n) is 2.17. The van der Waals surface area contributed by atoms with Crippen LogP contribution in [0.1, 0.15) is 5.56 Å². The molecule has 2 nitrogen and oxygen atoms in total. The van der Waals surface area contributed by atoms with Crippen LogP contribution in [0.3, 0.4) is 0 Å². The van der Waals surface area contributed by atoms with Gasteiger partial charge in [0.15, 0.2) is 17.5 Å². The van der Waals surface area contributed by atoms with E-state index in [9.17, 15) is 13.2 Å². The highest BCUT2D eigenvalue weighted by atomic mass is 19.2. The Morgan fingerprint density at radius 3 is 1.92 bits per heavy atom. The minimum Gasteiger partial charge on any atom is -0.384 e. The number of hydrogen-bond acceptors (Lipinski definition) is 1. The Morgan fingerprint density at radius 2 is 1.58 bits per heavy atom. The van der Waals surface area contributed by atoms with E-state index in [4.69, 9.17) is 11.1 Å². The molecule has 0 atom stereocenters. The van der Waals surface area contributed by atoms with Crippen molar-refractivity contribution in [1.82, 2.24) is 0 Å². The summed E-state index contributed by atoms with van der Waals surface area (Å²) in [7, 11) is 0. The lowest BCUT2D eigenvalue weighted by molar-refractivity contribution is 0.447. The highest BCUT2D eigenvalue weighted by molar-refractivity contribution is 5.94. The van der Waals surface area contributed by atoms with Crippen molar-refractivity contribution in [2.24, 2.45) is 5.73 Å². The standard InChI is InChI=1S/C7H5F3N2/c8-4-1-3(7(11)12)2-5(9)6(4)10/h1-2H,(H3,11,12). The summed E-state index contributed by atoms with van der Waals surface area (Å²) in [6, 6.07) is 1.33. The molecule has 3 N–H and O–H groups in total. The predicted molar refractivity (Wildman–Crippen MR) is 37.3 cm³/mol. The van der Waals surface area contributed by atoms with Gasteiger partial charge in [-0.1, -0.05) is 0 Å². The summed E-state index contributed by atoms with van der Waals surface area (Å²) in [6.45, 7) is 0. The number of halogens is 3. The van der Waals surface area contributed by atoms with Crippen molar-refractivity contribution in [2.75, 3.05) is 0 Å². The van der Waals surface area contributed by atoms with Gasteiger partial charge in [-0.15, -0.1) is 0 Å². The molecule has 0 heterocycles. The van der Waals surface area contributed by atoms with Crippen LogP contribution in [0, 0.1) is 22.9 Å². The van der Waals surface area contributed by atoms with Gasteiger partial charge in [0, 0.05) is 5.56 Å². The molecule has 0 aliphatic heterocycles. The fraction of sp³-hybridized carbons (Fsp3) is 0. The number of nitrogens with one attached hydrogen (secondary N) is 1. The Kier molecular flexibility index (Phi) is 2.03. The fourth-order valence-electron chi connectivity index (χ4n) is 0.711. The molecule has 0 saturated carbocycles. The Morgan fingerprint density at radius 1 is 1.17 bits per heavy atom. The van der Waals surface area contributed by atoms with Gasteiger partial charge in [0.1, 0.15) is 5.84 Å². The molecule has 5 heteroatoms. The summed E-state index contributed by atoms with van der Waals surface area (Å²) in [5.74, 6) is -4.76. The molecule has 0 aliphatic carbocycles. The smallest absolute Gasteiger partial charge is 0.194 e. The average molecular weight is 174 g/mol. The predicted octanol–water partition coefficient (Wildman–Crippen LogP) is 1.39. The molecule has 1 aromatic carbocycles. The summed E-state index contributed by atoms with van der Waals surface area (Å²) >= 11 is 0. The molecule has 0 aromatic heterocycles. The fourth-order valence-corrected chi connectivity index (χ4v) is 0.711. The van der Waals surface area contributed by atoms with Crippen molar-refractivity contribution >= 4 is 5.84 Å². The van der Waals surface area contributed by atoms with E-state index in [1.165, 1.54) is 0 Å². The highest BCUT2D eigenvalue weighted by Crippen LogP contribution is 2.12. The van der Waals surface area contributed by atoms with Gasteiger partial charge in [-0.25, -0.2) is 13.2 Å². The van der Waals surface area contributed by atoms with Gasteiger partial charge in [0.2, 0.25) is 0 Å². The van der Waals surface area contributed by atoms with E-state index in [-0.39, 0.29) is 5.56 Å². The third-order valence-corrected chi connectivity index (χ3v) is 1.29. The molecule has 0 bridgehead atoms. The zero-order valence-electron chi connectivity index (χ0n) is 5.87. The molecule has 64 valence electrons. The largest absolute Gasteiger partial charge is 0.384 e. The Bertz CT molecular complexity index is 312. The van der Waals surface area contributed by atoms with Gasteiger partial charge in [-0.3, -0.25) is 5.41 Å². The minimum absolute atomic E-state index is 0.175. The van der Waals surface area contributed by atoms with Gasteiger partial charge >= 0.3 is 0 Å². The molecule has 0 saturated heterocycles. The van der Waals surface area contributed by atoms with Crippen molar-refractivity contribution < 1.29 is 13.2 Å². The minimum atomic E-state index is -1.56. The van der Waals surface area contributed by atoms with Gasteiger partial charge < -0.3 is 5.73 Å². The normalized spacial score (nSPS) is 9.92. The topological polar surface area (TPSA) is 49.9 Å². The van der Waals surface area contributed by atoms with Gasteiger partial charge in [-0.05, 0) is 12.1 Å². The average Bonchev–Trinajstić information content (AvgIpc) is 1.99. The maximum absolute atomic E-state index is 12.4. The van der Waals surface area contributed by atoms with E-state index in [1.807, 2.05) is 0 Å². The second-order valence-corrected chi connectivity index (χ2v) is 2.17. The lowest BCUT2D eigenvalue weighted by Crippen LogP contribution is -2.12. The first kappa shape index (κ1) is 8.58. The second kappa shape index (κ2) is 2.84. The van der Waals surface area contributed by atoms with Crippen molar-refractivity contribution in [2.45, 2.75) is 0 Å². The number of nitrogen functional groups attached to an aromatic ring is 1. The molecule has 0 unspecified atom stereocenters. The number of hydrogen-bond donors (Lipinski definition) is 2.